The highest BCUT2D eigenvalue weighted by molar-refractivity contribution is 8.00. The van der Waals surface area contributed by atoms with Crippen molar-refractivity contribution in [1.29, 1.82) is 0 Å². The van der Waals surface area contributed by atoms with Gasteiger partial charge in [-0.15, -0.1) is 11.8 Å². The quantitative estimate of drug-likeness (QED) is 0.248. The summed E-state index contributed by atoms with van der Waals surface area (Å²) in [7, 11) is 0. The molecule has 3 nitrogen and oxygen atoms in total. The highest BCUT2D eigenvalue weighted by Crippen LogP contribution is 2.40. The van der Waals surface area contributed by atoms with Crippen molar-refractivity contribution in [2.75, 3.05) is 5.75 Å². The molecule has 1 aromatic carbocycles. The van der Waals surface area contributed by atoms with Crippen molar-refractivity contribution < 1.29 is 15.0 Å². The van der Waals surface area contributed by atoms with Gasteiger partial charge in [0.25, 0.3) is 0 Å². The normalized spacial score (nSPS) is 13.3. The van der Waals surface area contributed by atoms with E-state index in [1.54, 1.807) is 11.8 Å². The van der Waals surface area contributed by atoms with Crippen molar-refractivity contribution in [1.82, 2.24) is 0 Å². The summed E-state index contributed by atoms with van der Waals surface area (Å²) in [5.41, 5.74) is 2.39. The van der Waals surface area contributed by atoms with Gasteiger partial charge in [0.1, 0.15) is 11.0 Å². The number of carbonyl (C=O) groups is 1. The third kappa shape index (κ3) is 11.2. The summed E-state index contributed by atoms with van der Waals surface area (Å²) in [5.74, 6) is 0.502. The van der Waals surface area contributed by atoms with Gasteiger partial charge in [-0.1, -0.05) is 118 Å². The molecular weight excluding hydrogens is 428 g/mol. The summed E-state index contributed by atoms with van der Waals surface area (Å²) in [6, 6.07) is 4.03. The number of benzene rings is 1. The van der Waals surface area contributed by atoms with Crippen LogP contribution in [0.1, 0.15) is 129 Å². The third-order valence-electron chi connectivity index (χ3n) is 6.30. The first-order valence-electron chi connectivity index (χ1n) is 13.1. The topological polar surface area (TPSA) is 57.5 Å². The number of aliphatic carboxylic acids is 1. The van der Waals surface area contributed by atoms with E-state index in [-0.39, 0.29) is 10.8 Å². The van der Waals surface area contributed by atoms with Crippen LogP contribution in [-0.4, -0.2) is 27.2 Å². The first-order valence-corrected chi connectivity index (χ1v) is 14.1. The van der Waals surface area contributed by atoms with E-state index in [1.165, 1.54) is 57.8 Å². The predicted molar refractivity (Wildman–Crippen MR) is 145 cm³/mol. The molecule has 1 atom stereocenters. The van der Waals surface area contributed by atoms with Gasteiger partial charge in [-0.25, -0.2) is 0 Å². The maximum absolute atomic E-state index is 12.0. The number of carboxylic acids is 1. The largest absolute Gasteiger partial charge is 0.507 e. The maximum atomic E-state index is 12.0. The molecule has 2 N–H and O–H groups in total. The first kappa shape index (κ1) is 29.9. The lowest BCUT2D eigenvalue weighted by Gasteiger charge is -2.28. The van der Waals surface area contributed by atoms with E-state index in [2.05, 4.69) is 48.5 Å². The van der Waals surface area contributed by atoms with Crippen molar-refractivity contribution in [3.8, 4) is 5.75 Å². The second-order valence-corrected chi connectivity index (χ2v) is 12.9. The number of aromatic hydroxyl groups is 1. The molecule has 0 aromatic heterocycles. The predicted octanol–water partition coefficient (Wildman–Crippen LogP) is 8.64. The zero-order valence-corrected chi connectivity index (χ0v) is 23.2. The molecule has 0 amide bonds. The molecule has 0 fully saturated rings. The highest BCUT2D eigenvalue weighted by atomic mass is 32.2. The second kappa shape index (κ2) is 14.3. The Morgan fingerprint density at radius 1 is 0.818 bits per heavy atom. The Bertz CT molecular complexity index is 678. The summed E-state index contributed by atoms with van der Waals surface area (Å²) < 4.78 is 0. The lowest BCUT2D eigenvalue weighted by Crippen LogP contribution is -2.22. The van der Waals surface area contributed by atoms with Crippen LogP contribution >= 0.6 is 11.8 Å². The molecule has 33 heavy (non-hydrogen) atoms. The Balaban J connectivity index is 2.63. The fourth-order valence-electron chi connectivity index (χ4n) is 4.20. The van der Waals surface area contributed by atoms with Crippen molar-refractivity contribution in [2.24, 2.45) is 0 Å². The average molecular weight is 479 g/mol. The van der Waals surface area contributed by atoms with Gasteiger partial charge in [0, 0.05) is 0 Å². The minimum Gasteiger partial charge on any atom is -0.507 e. The van der Waals surface area contributed by atoms with E-state index < -0.39 is 11.2 Å². The lowest BCUT2D eigenvalue weighted by molar-refractivity contribution is -0.136. The van der Waals surface area contributed by atoms with Gasteiger partial charge in [0.2, 0.25) is 0 Å². The Morgan fingerprint density at radius 3 is 1.64 bits per heavy atom. The van der Waals surface area contributed by atoms with Crippen LogP contribution in [0.2, 0.25) is 0 Å². The standard InChI is InChI=1S/C29H50O3S/c1-8-9-10-11-12-13-14-15-16-17-18-33-25(27(31)32)21-22-19-23(28(2,3)4)26(30)24(20-22)29(5,6)7/h19-20,25,30H,8-18,21H2,1-7H3,(H,31,32). The van der Waals surface area contributed by atoms with Crippen molar-refractivity contribution in [3.63, 3.8) is 0 Å². The van der Waals surface area contributed by atoms with E-state index in [1.807, 2.05) is 12.1 Å². The lowest BCUT2D eigenvalue weighted by atomic mass is 9.78. The third-order valence-corrected chi connectivity index (χ3v) is 7.59. The van der Waals surface area contributed by atoms with Crippen molar-refractivity contribution in [3.05, 3.63) is 28.8 Å². The molecule has 190 valence electrons. The van der Waals surface area contributed by atoms with Crippen molar-refractivity contribution >= 4 is 17.7 Å². The molecular formula is C29H50O3S. The summed E-state index contributed by atoms with van der Waals surface area (Å²) in [6.07, 6.45) is 13.4. The number of carboxylic acid groups (broad SMARTS) is 1. The number of thioether (sulfide) groups is 1. The zero-order valence-electron chi connectivity index (χ0n) is 22.4. The zero-order chi connectivity index (χ0) is 25.1. The van der Waals surface area contributed by atoms with Gasteiger partial charge < -0.3 is 10.2 Å². The summed E-state index contributed by atoms with van der Waals surface area (Å²) >= 11 is 1.57. The SMILES string of the molecule is CCCCCCCCCCCCSC(Cc1cc(C(C)(C)C)c(O)c(C(C)(C)C)c1)C(=O)O. The number of phenolic OH excluding ortho intramolecular Hbond substituents is 1. The number of hydrogen-bond acceptors (Lipinski definition) is 3. The molecule has 4 heteroatoms. The first-order chi connectivity index (χ1) is 15.4. The fraction of sp³-hybridized carbons (Fsp3) is 0.759. The minimum absolute atomic E-state index is 0.206. The molecule has 1 aromatic rings. The summed E-state index contributed by atoms with van der Waals surface area (Å²) in [6.45, 7) is 14.8. The number of unbranched alkanes of at least 4 members (excludes halogenated alkanes) is 9. The molecule has 0 aliphatic rings. The van der Waals surface area contributed by atoms with Crippen LogP contribution in [0.3, 0.4) is 0 Å². The van der Waals surface area contributed by atoms with E-state index in [9.17, 15) is 15.0 Å². The van der Waals surface area contributed by atoms with Crippen LogP contribution in [0.25, 0.3) is 0 Å². The van der Waals surface area contributed by atoms with E-state index in [0.29, 0.717) is 12.2 Å². The number of hydrogen-bond donors (Lipinski definition) is 2. The molecule has 0 heterocycles. The van der Waals surface area contributed by atoms with Crippen LogP contribution in [0.4, 0.5) is 0 Å². The Hall–Kier alpha value is -1.16. The van der Waals surface area contributed by atoms with Gasteiger partial charge in [-0.05, 0) is 46.1 Å². The van der Waals surface area contributed by atoms with Gasteiger partial charge in [0.05, 0.1) is 0 Å². The summed E-state index contributed by atoms with van der Waals surface area (Å²) in [4.78, 5) is 12.0. The molecule has 0 saturated heterocycles. The average Bonchev–Trinajstić information content (AvgIpc) is 2.70. The molecule has 0 aliphatic carbocycles. The summed E-state index contributed by atoms with van der Waals surface area (Å²) in [5, 5.41) is 20.3. The molecule has 1 rings (SSSR count). The van der Waals surface area contributed by atoms with Gasteiger partial charge in [-0.3, -0.25) is 4.79 Å². The Labute approximate surface area is 208 Å². The molecule has 0 saturated carbocycles. The van der Waals surface area contributed by atoms with Gasteiger partial charge in [-0.2, -0.15) is 0 Å². The van der Waals surface area contributed by atoms with Gasteiger partial charge in [0.15, 0.2) is 0 Å². The molecule has 1 unspecified atom stereocenters. The Morgan fingerprint density at radius 2 is 1.24 bits per heavy atom. The number of phenols is 1. The molecule has 0 spiro atoms. The van der Waals surface area contributed by atoms with Crippen LogP contribution in [0.5, 0.6) is 5.75 Å². The second-order valence-electron chi connectivity index (χ2n) is 11.6. The smallest absolute Gasteiger partial charge is 0.316 e. The van der Waals surface area contributed by atoms with E-state index in [0.717, 1.165) is 28.9 Å². The molecule has 0 radical (unpaired) electrons. The maximum Gasteiger partial charge on any atom is 0.316 e. The molecule has 0 aliphatic heterocycles. The van der Waals surface area contributed by atoms with Crippen LogP contribution in [0.15, 0.2) is 12.1 Å². The Kier molecular flexibility index (Phi) is 12.9. The van der Waals surface area contributed by atoms with Crippen molar-refractivity contribution in [2.45, 2.75) is 135 Å². The van der Waals surface area contributed by atoms with Crippen LogP contribution in [-0.2, 0) is 22.0 Å². The van der Waals surface area contributed by atoms with Gasteiger partial charge >= 0.3 is 5.97 Å². The highest BCUT2D eigenvalue weighted by Gasteiger charge is 2.28. The monoisotopic (exact) mass is 478 g/mol. The minimum atomic E-state index is -0.741. The van der Waals surface area contributed by atoms with Crippen LogP contribution in [0, 0.1) is 0 Å². The van der Waals surface area contributed by atoms with Crippen LogP contribution < -0.4 is 0 Å². The van der Waals surface area contributed by atoms with E-state index in [4.69, 9.17) is 0 Å². The molecule has 0 bridgehead atoms. The number of rotatable bonds is 15. The van der Waals surface area contributed by atoms with E-state index >= 15 is 0 Å². The fourth-order valence-corrected chi connectivity index (χ4v) is 5.31.